The van der Waals surface area contributed by atoms with E-state index in [2.05, 4.69) is 4.99 Å². The first-order chi connectivity index (χ1) is 14.0. The van der Waals surface area contributed by atoms with Crippen LogP contribution in [0.2, 0.25) is 0 Å². The molecule has 152 valence electrons. The van der Waals surface area contributed by atoms with E-state index in [1.54, 1.807) is 16.4 Å². The van der Waals surface area contributed by atoms with E-state index >= 15 is 0 Å². The van der Waals surface area contributed by atoms with Crippen molar-refractivity contribution in [3.8, 4) is 0 Å². The lowest BCUT2D eigenvalue weighted by atomic mass is 10.2. The first kappa shape index (κ1) is 20.0. The number of hydrogen-bond donors (Lipinski definition) is 0. The Morgan fingerprint density at radius 2 is 1.62 bits per heavy atom. The van der Waals surface area contributed by atoms with Gasteiger partial charge in [-0.05, 0) is 49.2 Å². The van der Waals surface area contributed by atoms with Gasteiger partial charge in [0.05, 0.1) is 15.1 Å². The van der Waals surface area contributed by atoms with Crippen LogP contribution < -0.4 is 4.80 Å². The average molecular weight is 430 g/mol. The van der Waals surface area contributed by atoms with Gasteiger partial charge in [-0.25, -0.2) is 8.42 Å². The van der Waals surface area contributed by atoms with Crippen LogP contribution >= 0.6 is 11.3 Å². The van der Waals surface area contributed by atoms with Crippen LogP contribution in [0, 0.1) is 0 Å². The third kappa shape index (κ3) is 4.05. The smallest absolute Gasteiger partial charge is 0.279 e. The molecule has 1 fully saturated rings. The van der Waals surface area contributed by atoms with Gasteiger partial charge in [0.1, 0.15) is 0 Å². The standard InChI is InChI=1S/C21H23N3O3S2/c1-23-18-8-4-5-9-19(18)28-21(23)22-20(25)16-10-12-17(13-11-16)29(26,27)24-14-6-2-3-7-15-24/h4-5,8-13H,2-3,6-7,14-15H2,1H3. The van der Waals surface area contributed by atoms with Gasteiger partial charge in [-0.2, -0.15) is 9.30 Å². The maximum absolute atomic E-state index is 12.9. The topological polar surface area (TPSA) is 71.7 Å². The highest BCUT2D eigenvalue weighted by molar-refractivity contribution is 7.89. The summed E-state index contributed by atoms with van der Waals surface area (Å²) in [5, 5.41) is 0. The molecular weight excluding hydrogens is 406 g/mol. The highest BCUT2D eigenvalue weighted by Crippen LogP contribution is 2.21. The molecular formula is C21H23N3O3S2. The Balaban J connectivity index is 1.60. The summed E-state index contributed by atoms with van der Waals surface area (Å²) in [6, 6.07) is 14.0. The van der Waals surface area contributed by atoms with Gasteiger partial charge in [0, 0.05) is 25.7 Å². The number of hydrogen-bond acceptors (Lipinski definition) is 4. The van der Waals surface area contributed by atoms with Crippen molar-refractivity contribution in [2.75, 3.05) is 13.1 Å². The summed E-state index contributed by atoms with van der Waals surface area (Å²) < 4.78 is 30.2. The number of benzene rings is 2. The van der Waals surface area contributed by atoms with Gasteiger partial charge in [-0.3, -0.25) is 4.79 Å². The monoisotopic (exact) mass is 429 g/mol. The maximum atomic E-state index is 12.9. The minimum atomic E-state index is -3.52. The van der Waals surface area contributed by atoms with Crippen molar-refractivity contribution in [3.05, 3.63) is 58.9 Å². The van der Waals surface area contributed by atoms with E-state index in [1.165, 1.54) is 23.5 Å². The van der Waals surface area contributed by atoms with E-state index in [4.69, 9.17) is 0 Å². The number of nitrogens with zero attached hydrogens (tertiary/aromatic N) is 3. The van der Waals surface area contributed by atoms with Crippen molar-refractivity contribution in [1.82, 2.24) is 8.87 Å². The molecule has 3 aromatic rings. The Labute approximate surface area is 174 Å². The second-order valence-corrected chi connectivity index (χ2v) is 10.1. The first-order valence-corrected chi connectivity index (χ1v) is 12.0. The Morgan fingerprint density at radius 1 is 0.966 bits per heavy atom. The van der Waals surface area contributed by atoms with Gasteiger partial charge in [-0.15, -0.1) is 0 Å². The number of rotatable bonds is 3. The minimum Gasteiger partial charge on any atom is -0.319 e. The zero-order valence-electron chi connectivity index (χ0n) is 16.2. The number of aryl methyl sites for hydroxylation is 1. The molecule has 0 aliphatic carbocycles. The molecule has 1 saturated heterocycles. The quantitative estimate of drug-likeness (QED) is 0.639. The number of amides is 1. The van der Waals surface area contributed by atoms with E-state index in [9.17, 15) is 13.2 Å². The van der Waals surface area contributed by atoms with Crippen molar-refractivity contribution < 1.29 is 13.2 Å². The number of carbonyl (C=O) groups is 1. The average Bonchev–Trinajstić information content (AvgIpc) is 2.91. The summed E-state index contributed by atoms with van der Waals surface area (Å²) in [4.78, 5) is 17.7. The lowest BCUT2D eigenvalue weighted by Gasteiger charge is -2.19. The third-order valence-corrected chi connectivity index (χ3v) is 8.24. The molecule has 0 bridgehead atoms. The van der Waals surface area contributed by atoms with Crippen molar-refractivity contribution in [2.45, 2.75) is 30.6 Å². The summed E-state index contributed by atoms with van der Waals surface area (Å²) >= 11 is 1.45. The minimum absolute atomic E-state index is 0.225. The number of para-hydroxylation sites is 1. The van der Waals surface area contributed by atoms with E-state index in [0.717, 1.165) is 35.9 Å². The molecule has 1 aliphatic rings. The molecule has 0 unspecified atom stereocenters. The van der Waals surface area contributed by atoms with Gasteiger partial charge in [0.15, 0.2) is 4.80 Å². The van der Waals surface area contributed by atoms with Crippen LogP contribution in [0.3, 0.4) is 0 Å². The second kappa shape index (κ2) is 8.22. The van der Waals surface area contributed by atoms with Crippen LogP contribution in [-0.2, 0) is 17.1 Å². The van der Waals surface area contributed by atoms with Crippen LogP contribution in [0.1, 0.15) is 36.0 Å². The zero-order chi connectivity index (χ0) is 20.4. The molecule has 2 aromatic carbocycles. The summed E-state index contributed by atoms with van der Waals surface area (Å²) in [6.45, 7) is 1.11. The Bertz CT molecular complexity index is 1200. The first-order valence-electron chi connectivity index (χ1n) is 9.71. The zero-order valence-corrected chi connectivity index (χ0v) is 17.9. The molecule has 0 atom stereocenters. The number of aromatic nitrogens is 1. The number of sulfonamides is 1. The van der Waals surface area contributed by atoms with Gasteiger partial charge >= 0.3 is 0 Å². The number of carbonyl (C=O) groups excluding carboxylic acids is 1. The van der Waals surface area contributed by atoms with E-state index in [-0.39, 0.29) is 10.8 Å². The van der Waals surface area contributed by atoms with Gasteiger partial charge in [0.25, 0.3) is 5.91 Å². The third-order valence-electron chi connectivity index (χ3n) is 5.22. The molecule has 0 N–H and O–H groups in total. The highest BCUT2D eigenvalue weighted by Gasteiger charge is 2.25. The van der Waals surface area contributed by atoms with Gasteiger partial charge in [-0.1, -0.05) is 36.3 Å². The van der Waals surface area contributed by atoms with Crippen LogP contribution in [0.15, 0.2) is 58.4 Å². The molecule has 8 heteroatoms. The summed E-state index contributed by atoms with van der Waals surface area (Å²) in [6.07, 6.45) is 3.91. The van der Waals surface area contributed by atoms with Crippen molar-refractivity contribution >= 4 is 37.5 Å². The summed E-state index contributed by atoms with van der Waals surface area (Å²) in [7, 11) is -1.64. The molecule has 1 aromatic heterocycles. The molecule has 0 saturated carbocycles. The molecule has 2 heterocycles. The van der Waals surface area contributed by atoms with Gasteiger partial charge < -0.3 is 4.57 Å². The molecule has 29 heavy (non-hydrogen) atoms. The van der Waals surface area contributed by atoms with Crippen molar-refractivity contribution in [1.29, 1.82) is 0 Å². The van der Waals surface area contributed by atoms with E-state index < -0.39 is 10.0 Å². The highest BCUT2D eigenvalue weighted by atomic mass is 32.2. The van der Waals surface area contributed by atoms with Crippen molar-refractivity contribution in [3.63, 3.8) is 0 Å². The molecule has 0 spiro atoms. The summed E-state index contributed by atoms with van der Waals surface area (Å²) in [5.74, 6) is -0.383. The van der Waals surface area contributed by atoms with Crippen LogP contribution in [0.4, 0.5) is 0 Å². The fourth-order valence-electron chi connectivity index (χ4n) is 3.54. The second-order valence-electron chi connectivity index (χ2n) is 7.17. The fraction of sp³-hybridized carbons (Fsp3) is 0.333. The van der Waals surface area contributed by atoms with Crippen LogP contribution in [0.25, 0.3) is 10.2 Å². The maximum Gasteiger partial charge on any atom is 0.279 e. The van der Waals surface area contributed by atoms with Crippen LogP contribution in [0.5, 0.6) is 0 Å². The molecule has 1 aliphatic heterocycles. The SMILES string of the molecule is Cn1c(=NC(=O)c2ccc(S(=O)(=O)N3CCCCCC3)cc2)sc2ccccc21. The molecule has 1 amide bonds. The lowest BCUT2D eigenvalue weighted by Crippen LogP contribution is -2.31. The summed E-state index contributed by atoms with van der Waals surface area (Å²) in [5.41, 5.74) is 1.39. The molecule has 6 nitrogen and oxygen atoms in total. The van der Waals surface area contributed by atoms with Gasteiger partial charge in [0.2, 0.25) is 10.0 Å². The Hall–Kier alpha value is -2.29. The fourth-order valence-corrected chi connectivity index (χ4v) is 6.07. The van der Waals surface area contributed by atoms with Crippen molar-refractivity contribution in [2.24, 2.45) is 12.0 Å². The molecule has 4 rings (SSSR count). The number of fused-ring (bicyclic) bond motifs is 1. The lowest BCUT2D eigenvalue weighted by molar-refractivity contribution is 0.0998. The number of thiazole rings is 1. The van der Waals surface area contributed by atoms with E-state index in [0.29, 0.717) is 23.5 Å². The largest absolute Gasteiger partial charge is 0.319 e. The van der Waals surface area contributed by atoms with E-state index in [1.807, 2.05) is 35.9 Å². The predicted octanol–water partition coefficient (Wildman–Crippen LogP) is 3.55. The predicted molar refractivity (Wildman–Crippen MR) is 114 cm³/mol. The normalized spacial score (nSPS) is 16.8. The molecule has 0 radical (unpaired) electrons. The Kier molecular flexibility index (Phi) is 5.67. The Morgan fingerprint density at radius 3 is 2.28 bits per heavy atom. The van der Waals surface area contributed by atoms with Crippen LogP contribution in [-0.4, -0.2) is 36.3 Å².